The van der Waals surface area contributed by atoms with Gasteiger partial charge < -0.3 is 14.8 Å². The number of aliphatic hydroxyl groups is 1. The van der Waals surface area contributed by atoms with E-state index in [0.29, 0.717) is 30.2 Å². The highest BCUT2D eigenvalue weighted by molar-refractivity contribution is 5.65. The molecule has 0 aliphatic heterocycles. The summed E-state index contributed by atoms with van der Waals surface area (Å²) in [5.41, 5.74) is 4.64. The normalized spacial score (nSPS) is 16.2. The number of benzene rings is 2. The lowest BCUT2D eigenvalue weighted by atomic mass is 9.88. The van der Waals surface area contributed by atoms with Gasteiger partial charge in [-0.3, -0.25) is 0 Å². The summed E-state index contributed by atoms with van der Waals surface area (Å²) in [4.78, 5) is 4.54. The Labute approximate surface area is 162 Å². The summed E-state index contributed by atoms with van der Waals surface area (Å²) in [7, 11) is 0. The van der Waals surface area contributed by atoms with Gasteiger partial charge in [0.2, 0.25) is 0 Å². The largest absolute Gasteiger partial charge is 0.423 e. The number of oxazole rings is 1. The summed E-state index contributed by atoms with van der Waals surface area (Å²) in [6, 6.07) is 12.4. The van der Waals surface area contributed by atoms with Crippen LogP contribution >= 0.6 is 0 Å². The molecule has 2 N–H and O–H groups in total. The predicted molar refractivity (Wildman–Crippen MR) is 104 cm³/mol. The quantitative estimate of drug-likeness (QED) is 0.615. The lowest BCUT2D eigenvalue weighted by molar-refractivity contribution is 0.151. The van der Waals surface area contributed by atoms with Crippen molar-refractivity contribution in [3.05, 3.63) is 64.8 Å². The van der Waals surface area contributed by atoms with Crippen molar-refractivity contribution in [2.24, 2.45) is 0 Å². The number of aryl methyl sites for hydroxylation is 2. The first kappa shape index (κ1) is 18.6. The minimum absolute atomic E-state index is 0.0193. The lowest BCUT2D eigenvalue weighted by Crippen LogP contribution is -2.19. The molecule has 0 bridgehead atoms. The van der Waals surface area contributed by atoms with Gasteiger partial charge in [-0.2, -0.15) is 4.98 Å². The number of aromatic nitrogens is 1. The van der Waals surface area contributed by atoms with Crippen LogP contribution in [0.1, 0.15) is 42.2 Å². The summed E-state index contributed by atoms with van der Waals surface area (Å²) in [5.74, 6) is 0.579. The molecule has 1 atom stereocenters. The van der Waals surface area contributed by atoms with E-state index in [4.69, 9.17) is 4.42 Å². The summed E-state index contributed by atoms with van der Waals surface area (Å²) >= 11 is 0. The van der Waals surface area contributed by atoms with Gasteiger partial charge in [-0.25, -0.2) is 8.78 Å². The third-order valence-electron chi connectivity index (χ3n) is 5.16. The highest BCUT2D eigenvalue weighted by Crippen LogP contribution is 2.33. The molecule has 1 aliphatic rings. The number of hydrogen-bond donors (Lipinski definition) is 2. The van der Waals surface area contributed by atoms with Gasteiger partial charge in [0.1, 0.15) is 0 Å². The van der Waals surface area contributed by atoms with Crippen molar-refractivity contribution in [1.29, 1.82) is 0 Å². The van der Waals surface area contributed by atoms with Crippen LogP contribution in [0.5, 0.6) is 0 Å². The van der Waals surface area contributed by atoms with Crippen molar-refractivity contribution in [3.8, 4) is 11.3 Å². The van der Waals surface area contributed by atoms with E-state index in [1.807, 2.05) is 19.1 Å². The maximum Gasteiger partial charge on any atom is 0.299 e. The first-order valence-electron chi connectivity index (χ1n) is 9.49. The molecule has 0 amide bonds. The predicted octanol–water partition coefficient (Wildman–Crippen LogP) is 5.43. The smallest absolute Gasteiger partial charge is 0.299 e. The van der Waals surface area contributed by atoms with Crippen LogP contribution in [0.15, 0.2) is 46.9 Å². The van der Waals surface area contributed by atoms with Gasteiger partial charge in [0.05, 0.1) is 11.8 Å². The van der Waals surface area contributed by atoms with E-state index < -0.39 is 6.43 Å². The molecule has 0 spiro atoms. The Morgan fingerprint density at radius 2 is 2.00 bits per heavy atom. The molecule has 28 heavy (non-hydrogen) atoms. The molecule has 6 heteroatoms. The van der Waals surface area contributed by atoms with Gasteiger partial charge in [0, 0.05) is 23.2 Å². The van der Waals surface area contributed by atoms with Crippen molar-refractivity contribution >= 4 is 11.7 Å². The maximum atomic E-state index is 12.8. The molecule has 4 rings (SSSR count). The highest BCUT2D eigenvalue weighted by atomic mass is 19.3. The average molecular weight is 384 g/mol. The van der Waals surface area contributed by atoms with E-state index in [-0.39, 0.29) is 11.7 Å². The number of nitrogens with one attached hydrogen (secondary N) is 1. The Balaban J connectivity index is 1.64. The van der Waals surface area contributed by atoms with Gasteiger partial charge in [0.25, 0.3) is 12.4 Å². The molecule has 1 aromatic heterocycles. The fourth-order valence-electron chi connectivity index (χ4n) is 3.65. The second kappa shape index (κ2) is 7.72. The SMILES string of the molecule is CCc1nc(Nc2cccc3c2C[C@H](O)CC3)oc1-c1ccc(C(F)F)cc1. The Bertz CT molecular complexity index is 967. The Hall–Kier alpha value is -2.73. The number of anilines is 2. The van der Waals surface area contributed by atoms with Crippen molar-refractivity contribution in [3.63, 3.8) is 0 Å². The topological polar surface area (TPSA) is 58.3 Å². The molecule has 0 fully saturated rings. The van der Waals surface area contributed by atoms with Crippen LogP contribution in [0.2, 0.25) is 0 Å². The summed E-state index contributed by atoms with van der Waals surface area (Å²) in [6.07, 6.45) is 0.0412. The Kier molecular flexibility index (Phi) is 5.13. The van der Waals surface area contributed by atoms with Crippen LogP contribution in [0.25, 0.3) is 11.3 Å². The molecule has 0 radical (unpaired) electrons. The Morgan fingerprint density at radius 3 is 2.71 bits per heavy atom. The standard InChI is InChI=1S/C22H22F2N2O2/c1-2-18-20(14-6-8-15(9-7-14)21(23)24)28-22(25-18)26-19-5-3-4-13-10-11-16(27)12-17(13)19/h3-9,16,21,27H,2,10-12H2,1H3,(H,25,26)/t16-/m1/s1. The third-order valence-corrected chi connectivity index (χ3v) is 5.16. The third kappa shape index (κ3) is 3.64. The second-order valence-electron chi connectivity index (χ2n) is 7.04. The van der Waals surface area contributed by atoms with Crippen molar-refractivity contribution in [2.45, 2.75) is 45.1 Å². The van der Waals surface area contributed by atoms with Crippen LogP contribution in [-0.2, 0) is 19.3 Å². The zero-order chi connectivity index (χ0) is 19.7. The van der Waals surface area contributed by atoms with Crippen LogP contribution < -0.4 is 5.32 Å². The number of halogens is 2. The molecular weight excluding hydrogens is 362 g/mol. The van der Waals surface area contributed by atoms with Gasteiger partial charge in [0.15, 0.2) is 5.76 Å². The van der Waals surface area contributed by atoms with E-state index in [2.05, 4.69) is 16.4 Å². The van der Waals surface area contributed by atoms with E-state index in [1.54, 1.807) is 12.1 Å². The van der Waals surface area contributed by atoms with Gasteiger partial charge in [-0.05, 0) is 36.5 Å². The van der Waals surface area contributed by atoms with Crippen molar-refractivity contribution in [1.82, 2.24) is 4.98 Å². The molecule has 1 aliphatic carbocycles. The lowest BCUT2D eigenvalue weighted by Gasteiger charge is -2.23. The fraction of sp³-hybridized carbons (Fsp3) is 0.318. The molecule has 2 aromatic carbocycles. The number of fused-ring (bicyclic) bond motifs is 1. The molecule has 4 nitrogen and oxygen atoms in total. The van der Waals surface area contributed by atoms with Crippen LogP contribution in [0.3, 0.4) is 0 Å². The zero-order valence-electron chi connectivity index (χ0n) is 15.6. The fourth-order valence-corrected chi connectivity index (χ4v) is 3.65. The van der Waals surface area contributed by atoms with Crippen LogP contribution in [0.4, 0.5) is 20.5 Å². The monoisotopic (exact) mass is 384 g/mol. The van der Waals surface area contributed by atoms with Crippen LogP contribution in [0, 0.1) is 0 Å². The highest BCUT2D eigenvalue weighted by Gasteiger charge is 2.21. The first-order valence-corrected chi connectivity index (χ1v) is 9.49. The molecule has 1 heterocycles. The minimum Gasteiger partial charge on any atom is -0.423 e. The maximum absolute atomic E-state index is 12.8. The number of rotatable bonds is 5. The number of nitrogens with zero attached hydrogens (tertiary/aromatic N) is 1. The molecule has 0 saturated carbocycles. The van der Waals surface area contributed by atoms with E-state index in [9.17, 15) is 13.9 Å². The van der Waals surface area contributed by atoms with Crippen molar-refractivity contribution < 1.29 is 18.3 Å². The molecule has 3 aromatic rings. The average Bonchev–Trinajstić information content (AvgIpc) is 3.11. The molecule has 146 valence electrons. The number of hydrogen-bond acceptors (Lipinski definition) is 4. The van der Waals surface area contributed by atoms with E-state index >= 15 is 0 Å². The van der Waals surface area contributed by atoms with E-state index in [0.717, 1.165) is 29.8 Å². The van der Waals surface area contributed by atoms with Gasteiger partial charge in [-0.15, -0.1) is 0 Å². The van der Waals surface area contributed by atoms with Crippen molar-refractivity contribution in [2.75, 3.05) is 5.32 Å². The first-order chi connectivity index (χ1) is 13.5. The zero-order valence-corrected chi connectivity index (χ0v) is 15.6. The Morgan fingerprint density at radius 1 is 1.21 bits per heavy atom. The van der Waals surface area contributed by atoms with E-state index in [1.165, 1.54) is 17.7 Å². The van der Waals surface area contributed by atoms with Gasteiger partial charge >= 0.3 is 0 Å². The number of alkyl halides is 2. The summed E-state index contributed by atoms with van der Waals surface area (Å²) in [5, 5.41) is 13.3. The molecule has 0 unspecified atom stereocenters. The van der Waals surface area contributed by atoms with Crippen LogP contribution in [-0.4, -0.2) is 16.2 Å². The summed E-state index contributed by atoms with van der Waals surface area (Å²) < 4.78 is 31.5. The molecular formula is C22H22F2N2O2. The molecule has 0 saturated heterocycles. The minimum atomic E-state index is -2.49. The number of aliphatic hydroxyl groups excluding tert-OH is 1. The van der Waals surface area contributed by atoms with Gasteiger partial charge in [-0.1, -0.05) is 43.3 Å². The second-order valence-corrected chi connectivity index (χ2v) is 7.04. The summed E-state index contributed by atoms with van der Waals surface area (Å²) in [6.45, 7) is 1.97.